The van der Waals surface area contributed by atoms with Crippen molar-refractivity contribution in [3.05, 3.63) is 17.1 Å². The number of hydrogen-bond acceptors (Lipinski definition) is 5. The minimum atomic E-state index is -1.08. The van der Waals surface area contributed by atoms with Crippen LogP contribution in [0.15, 0.2) is 12.1 Å². The Hall–Kier alpha value is -1.69. The lowest BCUT2D eigenvalue weighted by atomic mass is 10.4. The van der Waals surface area contributed by atoms with Crippen LogP contribution in [-0.2, 0) is 0 Å². The maximum atomic E-state index is 10.5. The van der Waals surface area contributed by atoms with E-state index in [1.807, 2.05) is 0 Å². The van der Waals surface area contributed by atoms with E-state index < -0.39 is 5.97 Å². The standard InChI is InChI=1S/C7H4N2O3S/c10-4-2-1-3-5(9-4)13-6(8-3)7(11)12/h1-2H,(H,9,10)(H,11,12). The molecule has 2 N–H and O–H groups in total. The molecule has 0 spiro atoms. The van der Waals surface area contributed by atoms with Crippen LogP contribution in [0.3, 0.4) is 0 Å². The van der Waals surface area contributed by atoms with Crippen molar-refractivity contribution >= 4 is 27.7 Å². The third-order valence-corrected chi connectivity index (χ3v) is 2.38. The Morgan fingerprint density at radius 2 is 2.15 bits per heavy atom. The fourth-order valence-corrected chi connectivity index (χ4v) is 1.67. The summed E-state index contributed by atoms with van der Waals surface area (Å²) in [5.41, 5.74) is 0.486. The number of aromatic nitrogens is 2. The fraction of sp³-hybridized carbons (Fsp3) is 0. The van der Waals surface area contributed by atoms with Gasteiger partial charge in [-0.15, -0.1) is 0 Å². The summed E-state index contributed by atoms with van der Waals surface area (Å²) in [6, 6.07) is 2.90. The average molecular weight is 196 g/mol. The zero-order chi connectivity index (χ0) is 9.42. The van der Waals surface area contributed by atoms with Gasteiger partial charge in [-0.1, -0.05) is 11.3 Å². The number of hydrogen-bond donors (Lipinski definition) is 2. The molecule has 2 aromatic heterocycles. The largest absolute Gasteiger partial charge is 0.493 e. The van der Waals surface area contributed by atoms with Gasteiger partial charge in [0.1, 0.15) is 10.3 Å². The first-order chi connectivity index (χ1) is 6.16. The fourth-order valence-electron chi connectivity index (χ4n) is 0.899. The monoisotopic (exact) mass is 196 g/mol. The summed E-state index contributed by atoms with van der Waals surface area (Å²) in [7, 11) is 0. The molecular formula is C7H4N2O3S. The van der Waals surface area contributed by atoms with Crippen molar-refractivity contribution in [1.29, 1.82) is 0 Å². The molecule has 0 atom stereocenters. The van der Waals surface area contributed by atoms with E-state index in [2.05, 4.69) is 9.97 Å². The van der Waals surface area contributed by atoms with E-state index in [1.165, 1.54) is 12.1 Å². The zero-order valence-corrected chi connectivity index (χ0v) is 7.08. The number of thiazole rings is 1. The minimum Gasteiger partial charge on any atom is -0.493 e. The SMILES string of the molecule is O=C(O)c1nc2ccc(O)nc2s1. The summed E-state index contributed by atoms with van der Waals surface area (Å²) in [5, 5.41) is 17.6. The van der Waals surface area contributed by atoms with Gasteiger partial charge in [0.2, 0.25) is 10.9 Å². The van der Waals surface area contributed by atoms with Crippen molar-refractivity contribution in [3.63, 3.8) is 0 Å². The lowest BCUT2D eigenvalue weighted by Crippen LogP contribution is -1.93. The summed E-state index contributed by atoms with van der Waals surface area (Å²) < 4.78 is 0. The Bertz CT molecular complexity index is 480. The average Bonchev–Trinajstić information content (AvgIpc) is 2.46. The predicted octanol–water partition coefficient (Wildman–Crippen LogP) is 1.10. The van der Waals surface area contributed by atoms with Crippen LogP contribution in [0.1, 0.15) is 9.80 Å². The van der Waals surface area contributed by atoms with Gasteiger partial charge in [-0.05, 0) is 6.07 Å². The second-order valence-electron chi connectivity index (χ2n) is 2.32. The minimum absolute atomic E-state index is 0.0203. The molecule has 66 valence electrons. The van der Waals surface area contributed by atoms with Crippen LogP contribution in [0.25, 0.3) is 10.3 Å². The van der Waals surface area contributed by atoms with Crippen LogP contribution >= 0.6 is 11.3 Å². The number of pyridine rings is 1. The quantitative estimate of drug-likeness (QED) is 0.713. The maximum Gasteiger partial charge on any atom is 0.365 e. The van der Waals surface area contributed by atoms with E-state index in [9.17, 15) is 4.79 Å². The Morgan fingerprint density at radius 1 is 1.38 bits per heavy atom. The third-order valence-electron chi connectivity index (χ3n) is 1.42. The Kier molecular flexibility index (Phi) is 1.63. The van der Waals surface area contributed by atoms with E-state index in [0.29, 0.717) is 10.3 Å². The molecule has 0 fully saturated rings. The molecule has 0 saturated carbocycles. The van der Waals surface area contributed by atoms with Crippen LogP contribution < -0.4 is 0 Å². The first-order valence-corrected chi connectivity index (χ1v) is 4.18. The number of carbonyl (C=O) groups is 1. The van der Waals surface area contributed by atoms with Crippen LogP contribution in [0, 0.1) is 0 Å². The van der Waals surface area contributed by atoms with Gasteiger partial charge in [-0.2, -0.15) is 0 Å². The van der Waals surface area contributed by atoms with Crippen molar-refractivity contribution < 1.29 is 15.0 Å². The van der Waals surface area contributed by atoms with Gasteiger partial charge < -0.3 is 10.2 Å². The highest BCUT2D eigenvalue weighted by atomic mass is 32.1. The van der Waals surface area contributed by atoms with Crippen molar-refractivity contribution in [2.75, 3.05) is 0 Å². The second-order valence-corrected chi connectivity index (χ2v) is 3.30. The summed E-state index contributed by atoms with van der Waals surface area (Å²) in [6.07, 6.45) is 0. The molecule has 2 aromatic rings. The van der Waals surface area contributed by atoms with Gasteiger partial charge in [-0.3, -0.25) is 0 Å². The van der Waals surface area contributed by atoms with E-state index in [-0.39, 0.29) is 10.9 Å². The molecule has 0 aliphatic rings. The molecule has 0 aliphatic carbocycles. The Balaban J connectivity index is 2.68. The van der Waals surface area contributed by atoms with E-state index in [1.54, 1.807) is 0 Å². The molecule has 5 nitrogen and oxygen atoms in total. The highest BCUT2D eigenvalue weighted by Crippen LogP contribution is 2.21. The molecular weight excluding hydrogens is 192 g/mol. The molecule has 0 unspecified atom stereocenters. The topological polar surface area (TPSA) is 83.3 Å². The predicted molar refractivity (Wildman–Crippen MR) is 46.0 cm³/mol. The summed E-state index contributed by atoms with van der Waals surface area (Å²) in [6.45, 7) is 0. The van der Waals surface area contributed by atoms with Crippen molar-refractivity contribution in [1.82, 2.24) is 9.97 Å². The molecule has 6 heteroatoms. The highest BCUT2D eigenvalue weighted by molar-refractivity contribution is 7.19. The van der Waals surface area contributed by atoms with Gasteiger partial charge in [0, 0.05) is 6.07 Å². The van der Waals surface area contributed by atoms with Gasteiger partial charge in [0.15, 0.2) is 0 Å². The smallest absolute Gasteiger partial charge is 0.365 e. The number of carboxylic acid groups (broad SMARTS) is 1. The van der Waals surface area contributed by atoms with E-state index in [0.717, 1.165) is 11.3 Å². The number of carboxylic acids is 1. The van der Waals surface area contributed by atoms with Gasteiger partial charge in [0.25, 0.3) is 0 Å². The molecule has 2 rings (SSSR count). The summed E-state index contributed by atoms with van der Waals surface area (Å²) in [5.74, 6) is -1.21. The van der Waals surface area contributed by atoms with Crippen molar-refractivity contribution in [2.45, 2.75) is 0 Å². The number of fused-ring (bicyclic) bond motifs is 1. The molecule has 0 radical (unpaired) electrons. The molecule has 13 heavy (non-hydrogen) atoms. The first kappa shape index (κ1) is 7.93. The molecule has 0 saturated heterocycles. The van der Waals surface area contributed by atoms with Crippen LogP contribution in [0.2, 0.25) is 0 Å². The normalized spacial score (nSPS) is 10.5. The lowest BCUT2D eigenvalue weighted by Gasteiger charge is -1.86. The molecule has 0 bridgehead atoms. The summed E-state index contributed by atoms with van der Waals surface area (Å²) >= 11 is 0.938. The Morgan fingerprint density at radius 3 is 2.85 bits per heavy atom. The van der Waals surface area contributed by atoms with E-state index >= 15 is 0 Å². The third kappa shape index (κ3) is 1.31. The zero-order valence-electron chi connectivity index (χ0n) is 6.26. The van der Waals surface area contributed by atoms with Gasteiger partial charge in [-0.25, -0.2) is 14.8 Å². The van der Waals surface area contributed by atoms with Gasteiger partial charge in [0.05, 0.1) is 0 Å². The first-order valence-electron chi connectivity index (χ1n) is 3.36. The van der Waals surface area contributed by atoms with Crippen LogP contribution in [0.5, 0.6) is 5.88 Å². The maximum absolute atomic E-state index is 10.5. The van der Waals surface area contributed by atoms with Crippen LogP contribution in [0.4, 0.5) is 0 Å². The van der Waals surface area contributed by atoms with Crippen LogP contribution in [-0.4, -0.2) is 26.2 Å². The number of nitrogens with zero attached hydrogens (tertiary/aromatic N) is 2. The summed E-state index contributed by atoms with van der Waals surface area (Å²) in [4.78, 5) is 18.5. The molecule has 0 amide bonds. The van der Waals surface area contributed by atoms with Crippen molar-refractivity contribution in [3.8, 4) is 5.88 Å². The number of aromatic hydroxyl groups is 1. The molecule has 0 aliphatic heterocycles. The Labute approximate surface area is 76.3 Å². The second kappa shape index (κ2) is 2.67. The number of rotatable bonds is 1. The molecule has 2 heterocycles. The van der Waals surface area contributed by atoms with E-state index in [4.69, 9.17) is 10.2 Å². The van der Waals surface area contributed by atoms with Crippen molar-refractivity contribution in [2.24, 2.45) is 0 Å². The lowest BCUT2D eigenvalue weighted by molar-refractivity contribution is 0.0696. The number of aromatic carboxylic acids is 1. The van der Waals surface area contributed by atoms with Gasteiger partial charge >= 0.3 is 5.97 Å². The molecule has 0 aromatic carbocycles. The highest BCUT2D eigenvalue weighted by Gasteiger charge is 2.11.